The Balaban J connectivity index is 2.94. The smallest absolute Gasteiger partial charge is 0.195 e. The van der Waals surface area contributed by atoms with Crippen molar-refractivity contribution in [1.82, 2.24) is 4.90 Å². The minimum atomic E-state index is 0.0578. The van der Waals surface area contributed by atoms with E-state index in [1.54, 1.807) is 7.05 Å². The SMILES string of the molecule is C=C1CC(/C(C=NC)=C/C)N=C(N)N1C. The van der Waals surface area contributed by atoms with E-state index in [0.29, 0.717) is 5.96 Å². The fourth-order valence-corrected chi connectivity index (χ4v) is 1.51. The highest BCUT2D eigenvalue weighted by molar-refractivity contribution is 5.85. The predicted octanol–water partition coefficient (Wildman–Crippen LogP) is 1.17. The summed E-state index contributed by atoms with van der Waals surface area (Å²) in [5.41, 5.74) is 7.85. The molecule has 2 N–H and O–H groups in total. The Morgan fingerprint density at radius 3 is 2.87 bits per heavy atom. The predicted molar refractivity (Wildman–Crippen MR) is 65.1 cm³/mol. The van der Waals surface area contributed by atoms with E-state index in [1.165, 1.54) is 0 Å². The molecule has 0 spiro atoms. The van der Waals surface area contributed by atoms with E-state index >= 15 is 0 Å². The lowest BCUT2D eigenvalue weighted by Gasteiger charge is -2.29. The van der Waals surface area contributed by atoms with Gasteiger partial charge in [-0.25, -0.2) is 4.99 Å². The first-order chi connectivity index (χ1) is 7.10. The maximum Gasteiger partial charge on any atom is 0.195 e. The summed E-state index contributed by atoms with van der Waals surface area (Å²) in [6, 6.07) is 0.0578. The van der Waals surface area contributed by atoms with Crippen LogP contribution in [0.5, 0.6) is 0 Å². The zero-order valence-electron chi connectivity index (χ0n) is 9.57. The summed E-state index contributed by atoms with van der Waals surface area (Å²) >= 11 is 0. The Hall–Kier alpha value is -1.58. The minimum absolute atomic E-state index is 0.0578. The van der Waals surface area contributed by atoms with Crippen molar-refractivity contribution >= 4 is 12.2 Å². The van der Waals surface area contributed by atoms with Crippen LogP contribution in [0.2, 0.25) is 0 Å². The molecule has 0 aromatic heterocycles. The van der Waals surface area contributed by atoms with Crippen LogP contribution in [0.3, 0.4) is 0 Å². The number of nitrogens with two attached hydrogens (primary N) is 1. The second kappa shape index (κ2) is 4.77. The monoisotopic (exact) mass is 206 g/mol. The average molecular weight is 206 g/mol. The van der Waals surface area contributed by atoms with E-state index in [0.717, 1.165) is 17.7 Å². The van der Waals surface area contributed by atoms with Gasteiger partial charge in [-0.1, -0.05) is 12.7 Å². The number of hydrogen-bond donors (Lipinski definition) is 1. The van der Waals surface area contributed by atoms with Crippen molar-refractivity contribution in [2.24, 2.45) is 15.7 Å². The Morgan fingerprint density at radius 2 is 2.40 bits per heavy atom. The van der Waals surface area contributed by atoms with E-state index in [9.17, 15) is 0 Å². The molecule has 82 valence electrons. The van der Waals surface area contributed by atoms with Crippen LogP contribution in [0.1, 0.15) is 13.3 Å². The largest absolute Gasteiger partial charge is 0.370 e. The van der Waals surface area contributed by atoms with Crippen molar-refractivity contribution in [3.05, 3.63) is 23.9 Å². The van der Waals surface area contributed by atoms with Gasteiger partial charge in [0.15, 0.2) is 5.96 Å². The molecule has 0 saturated carbocycles. The van der Waals surface area contributed by atoms with Crippen molar-refractivity contribution in [2.75, 3.05) is 14.1 Å². The highest BCUT2D eigenvalue weighted by Crippen LogP contribution is 2.20. The molecule has 4 heteroatoms. The molecule has 0 aromatic rings. The quantitative estimate of drug-likeness (QED) is 0.689. The molecule has 1 aliphatic heterocycles. The molecule has 1 aliphatic rings. The summed E-state index contributed by atoms with van der Waals surface area (Å²) in [5, 5.41) is 0. The van der Waals surface area contributed by atoms with Crippen molar-refractivity contribution < 1.29 is 0 Å². The highest BCUT2D eigenvalue weighted by atomic mass is 15.3. The third kappa shape index (κ3) is 2.46. The summed E-state index contributed by atoms with van der Waals surface area (Å²) in [7, 11) is 3.63. The van der Waals surface area contributed by atoms with Gasteiger partial charge >= 0.3 is 0 Å². The molecule has 1 unspecified atom stereocenters. The van der Waals surface area contributed by atoms with Crippen LogP contribution < -0.4 is 5.73 Å². The first kappa shape index (κ1) is 11.5. The second-order valence-corrected chi connectivity index (χ2v) is 3.51. The van der Waals surface area contributed by atoms with Crippen LogP contribution in [-0.4, -0.2) is 37.2 Å². The molecule has 0 saturated heterocycles. The first-order valence-corrected chi connectivity index (χ1v) is 4.93. The molecule has 1 rings (SSSR count). The molecule has 0 amide bonds. The van der Waals surface area contributed by atoms with Gasteiger partial charge in [0.1, 0.15) is 0 Å². The number of nitrogens with zero attached hydrogens (tertiary/aromatic N) is 3. The fourth-order valence-electron chi connectivity index (χ4n) is 1.51. The topological polar surface area (TPSA) is 54.0 Å². The molecule has 1 atom stereocenters. The van der Waals surface area contributed by atoms with Gasteiger partial charge in [-0.15, -0.1) is 0 Å². The maximum absolute atomic E-state index is 5.79. The first-order valence-electron chi connectivity index (χ1n) is 4.93. The lowest BCUT2D eigenvalue weighted by molar-refractivity contribution is 0.525. The lowest BCUT2D eigenvalue weighted by atomic mass is 10.0. The van der Waals surface area contributed by atoms with Gasteiger partial charge in [0.05, 0.1) is 6.04 Å². The zero-order valence-corrected chi connectivity index (χ0v) is 9.57. The summed E-state index contributed by atoms with van der Waals surface area (Å²) < 4.78 is 0. The van der Waals surface area contributed by atoms with E-state index in [2.05, 4.69) is 16.6 Å². The second-order valence-electron chi connectivity index (χ2n) is 3.51. The fraction of sp³-hybridized carbons (Fsp3) is 0.455. The van der Waals surface area contributed by atoms with Crippen LogP contribution in [0, 0.1) is 0 Å². The molecular formula is C11H18N4. The molecule has 0 aliphatic carbocycles. The van der Waals surface area contributed by atoms with Gasteiger partial charge in [-0.3, -0.25) is 4.99 Å². The maximum atomic E-state index is 5.79. The molecule has 1 heterocycles. The van der Waals surface area contributed by atoms with Crippen molar-refractivity contribution in [2.45, 2.75) is 19.4 Å². The highest BCUT2D eigenvalue weighted by Gasteiger charge is 2.21. The van der Waals surface area contributed by atoms with Gasteiger partial charge in [0.2, 0.25) is 0 Å². The number of allylic oxidation sites excluding steroid dienone is 1. The Labute approximate surface area is 90.9 Å². The lowest BCUT2D eigenvalue weighted by Crippen LogP contribution is -2.39. The van der Waals surface area contributed by atoms with Crippen molar-refractivity contribution in [3.63, 3.8) is 0 Å². The standard InChI is InChI=1S/C11H18N4/c1-5-9(7-13-3)10-6-8(2)15(4)11(12)14-10/h5,7,10H,2,6H2,1,3-4H3,(H2,12,14)/b9-5+,13-7?. The van der Waals surface area contributed by atoms with Gasteiger partial charge < -0.3 is 10.6 Å². The number of rotatable bonds is 2. The van der Waals surface area contributed by atoms with Gasteiger partial charge in [-0.05, 0) is 12.5 Å². The minimum Gasteiger partial charge on any atom is -0.370 e. The van der Waals surface area contributed by atoms with Crippen molar-refractivity contribution in [1.29, 1.82) is 0 Å². The van der Waals surface area contributed by atoms with Crippen LogP contribution in [0.25, 0.3) is 0 Å². The average Bonchev–Trinajstić information content (AvgIpc) is 2.22. The van der Waals surface area contributed by atoms with Gasteiger partial charge in [0, 0.05) is 32.4 Å². The number of aliphatic imine (C=N–C) groups is 2. The Kier molecular flexibility index (Phi) is 3.66. The van der Waals surface area contributed by atoms with E-state index in [4.69, 9.17) is 5.73 Å². The Morgan fingerprint density at radius 1 is 1.73 bits per heavy atom. The molecule has 0 fully saturated rings. The summed E-state index contributed by atoms with van der Waals surface area (Å²) in [6.45, 7) is 5.94. The number of guanidine groups is 1. The molecule has 0 bridgehead atoms. The van der Waals surface area contributed by atoms with E-state index in [1.807, 2.05) is 31.2 Å². The van der Waals surface area contributed by atoms with Crippen LogP contribution >= 0.6 is 0 Å². The summed E-state index contributed by atoms with van der Waals surface area (Å²) in [6.07, 6.45) is 4.62. The normalized spacial score (nSPS) is 23.5. The third-order valence-electron chi connectivity index (χ3n) is 2.53. The van der Waals surface area contributed by atoms with Gasteiger partial charge in [0.25, 0.3) is 0 Å². The van der Waals surface area contributed by atoms with Crippen LogP contribution in [0.15, 0.2) is 33.9 Å². The molecule has 0 radical (unpaired) electrons. The van der Waals surface area contributed by atoms with Crippen LogP contribution in [0.4, 0.5) is 0 Å². The van der Waals surface area contributed by atoms with E-state index < -0.39 is 0 Å². The molecular weight excluding hydrogens is 188 g/mol. The van der Waals surface area contributed by atoms with Crippen molar-refractivity contribution in [3.8, 4) is 0 Å². The molecule has 4 nitrogen and oxygen atoms in total. The van der Waals surface area contributed by atoms with Gasteiger partial charge in [-0.2, -0.15) is 0 Å². The van der Waals surface area contributed by atoms with E-state index in [-0.39, 0.29) is 6.04 Å². The Bertz CT molecular complexity index is 338. The molecule has 15 heavy (non-hydrogen) atoms. The molecule has 0 aromatic carbocycles. The van der Waals surface area contributed by atoms with Crippen LogP contribution in [-0.2, 0) is 0 Å². The zero-order chi connectivity index (χ0) is 11.4. The summed E-state index contributed by atoms with van der Waals surface area (Å²) in [5.74, 6) is 0.514. The third-order valence-corrected chi connectivity index (χ3v) is 2.53. The number of hydrogen-bond acceptors (Lipinski definition) is 4. The summed E-state index contributed by atoms with van der Waals surface area (Å²) in [4.78, 5) is 10.2.